The van der Waals surface area contributed by atoms with Crippen LogP contribution >= 0.6 is 11.3 Å². The van der Waals surface area contributed by atoms with E-state index in [1.54, 1.807) is 0 Å². The molecule has 0 bridgehead atoms. The van der Waals surface area contributed by atoms with Crippen LogP contribution in [0.1, 0.15) is 21.5 Å². The van der Waals surface area contributed by atoms with Gasteiger partial charge in [-0.3, -0.25) is 4.79 Å². The lowest BCUT2D eigenvalue weighted by Crippen LogP contribution is -2.14. The van der Waals surface area contributed by atoms with E-state index >= 15 is 0 Å². The number of nitrogens with two attached hydrogens (primary N) is 1. The molecule has 0 aliphatic carbocycles. The summed E-state index contributed by atoms with van der Waals surface area (Å²) in [6.45, 7) is 3.85. The summed E-state index contributed by atoms with van der Waals surface area (Å²) in [5.41, 5.74) is 9.15. The van der Waals surface area contributed by atoms with E-state index in [1.165, 1.54) is 11.3 Å². The second-order valence-corrected chi connectivity index (χ2v) is 4.84. The number of carbonyl (C=O) groups excluding carboxylic acids is 1. The summed E-state index contributed by atoms with van der Waals surface area (Å²) in [4.78, 5) is 12.1. The SMILES string of the molecule is Cc1ccccc1NC(=O)c1c(C)csc1N. The molecule has 1 heterocycles. The zero-order chi connectivity index (χ0) is 12.4. The lowest BCUT2D eigenvalue weighted by Gasteiger charge is -2.08. The molecule has 2 rings (SSSR count). The summed E-state index contributed by atoms with van der Waals surface area (Å²) in [6.07, 6.45) is 0. The Balaban J connectivity index is 2.27. The van der Waals surface area contributed by atoms with Gasteiger partial charge in [-0.05, 0) is 36.4 Å². The van der Waals surface area contributed by atoms with E-state index in [9.17, 15) is 4.79 Å². The molecule has 0 saturated heterocycles. The number of anilines is 2. The predicted molar refractivity (Wildman–Crippen MR) is 72.6 cm³/mol. The molecule has 4 heteroatoms. The number of rotatable bonds is 2. The third kappa shape index (κ3) is 2.31. The lowest BCUT2D eigenvalue weighted by atomic mass is 10.1. The highest BCUT2D eigenvalue weighted by Crippen LogP contribution is 2.25. The third-order valence-electron chi connectivity index (χ3n) is 2.62. The van der Waals surface area contributed by atoms with Crippen LogP contribution in [0.25, 0.3) is 0 Å². The molecule has 0 radical (unpaired) electrons. The van der Waals surface area contributed by atoms with Gasteiger partial charge in [-0.1, -0.05) is 18.2 Å². The number of carbonyl (C=O) groups is 1. The van der Waals surface area contributed by atoms with Crippen LogP contribution in [-0.2, 0) is 0 Å². The van der Waals surface area contributed by atoms with Gasteiger partial charge < -0.3 is 11.1 Å². The monoisotopic (exact) mass is 246 g/mol. The van der Waals surface area contributed by atoms with Crippen LogP contribution in [0, 0.1) is 13.8 Å². The summed E-state index contributed by atoms with van der Waals surface area (Å²) in [5.74, 6) is -0.143. The van der Waals surface area contributed by atoms with Crippen LogP contribution in [0.5, 0.6) is 0 Å². The summed E-state index contributed by atoms with van der Waals surface area (Å²) in [5, 5.41) is 5.34. The second-order valence-electron chi connectivity index (χ2n) is 3.93. The molecule has 0 aliphatic rings. The highest BCUT2D eigenvalue weighted by Gasteiger charge is 2.15. The summed E-state index contributed by atoms with van der Waals surface area (Å²) >= 11 is 1.39. The minimum absolute atomic E-state index is 0.143. The van der Waals surface area contributed by atoms with Crippen LogP contribution < -0.4 is 11.1 Å². The van der Waals surface area contributed by atoms with Crippen molar-refractivity contribution in [3.63, 3.8) is 0 Å². The number of nitrogens with one attached hydrogen (secondary N) is 1. The van der Waals surface area contributed by atoms with Crippen molar-refractivity contribution in [2.75, 3.05) is 11.1 Å². The minimum atomic E-state index is -0.143. The van der Waals surface area contributed by atoms with E-state index in [0.29, 0.717) is 10.6 Å². The molecule has 0 aliphatic heterocycles. The van der Waals surface area contributed by atoms with Crippen LogP contribution in [-0.4, -0.2) is 5.91 Å². The Kier molecular flexibility index (Phi) is 3.15. The fourth-order valence-corrected chi connectivity index (χ4v) is 2.45. The Morgan fingerprint density at radius 2 is 1.94 bits per heavy atom. The minimum Gasteiger partial charge on any atom is -0.390 e. The van der Waals surface area contributed by atoms with Gasteiger partial charge in [0.2, 0.25) is 0 Å². The molecule has 0 fully saturated rings. The van der Waals surface area contributed by atoms with Crippen molar-refractivity contribution in [2.24, 2.45) is 0 Å². The number of nitrogen functional groups attached to an aromatic ring is 1. The quantitative estimate of drug-likeness (QED) is 0.855. The van der Waals surface area contributed by atoms with Gasteiger partial charge in [0.05, 0.1) is 10.6 Å². The van der Waals surface area contributed by atoms with Gasteiger partial charge in [-0.25, -0.2) is 0 Å². The van der Waals surface area contributed by atoms with Crippen LogP contribution in [0.2, 0.25) is 0 Å². The maximum atomic E-state index is 12.1. The fourth-order valence-electron chi connectivity index (χ4n) is 1.65. The number of amides is 1. The lowest BCUT2D eigenvalue weighted by molar-refractivity contribution is 0.102. The van der Waals surface area contributed by atoms with Crippen molar-refractivity contribution in [1.82, 2.24) is 0 Å². The van der Waals surface area contributed by atoms with Gasteiger partial charge in [0.15, 0.2) is 0 Å². The Morgan fingerprint density at radius 1 is 1.24 bits per heavy atom. The molecule has 0 unspecified atom stereocenters. The number of aryl methyl sites for hydroxylation is 2. The topological polar surface area (TPSA) is 55.1 Å². The van der Waals surface area contributed by atoms with Crippen molar-refractivity contribution < 1.29 is 4.79 Å². The molecule has 17 heavy (non-hydrogen) atoms. The molecule has 0 saturated carbocycles. The molecular formula is C13H14N2OS. The maximum absolute atomic E-state index is 12.1. The highest BCUT2D eigenvalue weighted by atomic mass is 32.1. The van der Waals surface area contributed by atoms with Crippen molar-refractivity contribution in [3.05, 3.63) is 46.3 Å². The first kappa shape index (κ1) is 11.7. The highest BCUT2D eigenvalue weighted by molar-refractivity contribution is 7.14. The van der Waals surface area contributed by atoms with Gasteiger partial charge in [-0.2, -0.15) is 0 Å². The standard InChI is InChI=1S/C13H14N2OS/c1-8-5-3-4-6-10(8)15-13(16)11-9(2)7-17-12(11)14/h3-7H,14H2,1-2H3,(H,15,16). The van der Waals surface area contributed by atoms with Gasteiger partial charge in [0.1, 0.15) is 0 Å². The number of hydrogen-bond acceptors (Lipinski definition) is 3. The van der Waals surface area contributed by atoms with E-state index < -0.39 is 0 Å². The van der Waals surface area contributed by atoms with Crippen molar-refractivity contribution in [3.8, 4) is 0 Å². The third-order valence-corrected chi connectivity index (χ3v) is 3.55. The fraction of sp³-hybridized carbons (Fsp3) is 0.154. The Hall–Kier alpha value is -1.81. The molecule has 3 N–H and O–H groups in total. The summed E-state index contributed by atoms with van der Waals surface area (Å²) < 4.78 is 0. The van der Waals surface area contributed by atoms with Gasteiger partial charge >= 0.3 is 0 Å². The van der Waals surface area contributed by atoms with Crippen LogP contribution in [0.15, 0.2) is 29.6 Å². The number of hydrogen-bond donors (Lipinski definition) is 2. The van der Waals surface area contributed by atoms with E-state index in [4.69, 9.17) is 5.73 Å². The van der Waals surface area contributed by atoms with Gasteiger partial charge in [-0.15, -0.1) is 11.3 Å². The molecule has 0 spiro atoms. The Morgan fingerprint density at radius 3 is 2.53 bits per heavy atom. The van der Waals surface area contributed by atoms with Crippen molar-refractivity contribution in [1.29, 1.82) is 0 Å². The smallest absolute Gasteiger partial charge is 0.258 e. The van der Waals surface area contributed by atoms with Crippen LogP contribution in [0.3, 0.4) is 0 Å². The van der Waals surface area contributed by atoms with E-state index in [0.717, 1.165) is 16.8 Å². The molecule has 0 atom stereocenters. The predicted octanol–water partition coefficient (Wildman–Crippen LogP) is 3.20. The van der Waals surface area contributed by atoms with Crippen molar-refractivity contribution >= 4 is 27.9 Å². The molecule has 3 nitrogen and oxygen atoms in total. The van der Waals surface area contributed by atoms with Gasteiger partial charge in [0, 0.05) is 5.69 Å². The molecule has 2 aromatic rings. The first-order valence-electron chi connectivity index (χ1n) is 5.30. The normalized spacial score (nSPS) is 10.2. The number of para-hydroxylation sites is 1. The van der Waals surface area contributed by atoms with E-state index in [-0.39, 0.29) is 5.91 Å². The molecular weight excluding hydrogens is 232 g/mol. The number of thiophene rings is 1. The Bertz CT molecular complexity index is 541. The average Bonchev–Trinajstić information content (AvgIpc) is 2.62. The molecule has 1 amide bonds. The first-order chi connectivity index (χ1) is 8.09. The summed E-state index contributed by atoms with van der Waals surface area (Å²) in [6, 6.07) is 7.67. The average molecular weight is 246 g/mol. The summed E-state index contributed by atoms with van der Waals surface area (Å²) in [7, 11) is 0. The largest absolute Gasteiger partial charge is 0.390 e. The molecule has 88 valence electrons. The first-order valence-corrected chi connectivity index (χ1v) is 6.18. The molecule has 1 aromatic heterocycles. The molecule has 1 aromatic carbocycles. The zero-order valence-electron chi connectivity index (χ0n) is 9.78. The second kappa shape index (κ2) is 4.59. The van der Waals surface area contributed by atoms with Crippen LogP contribution in [0.4, 0.5) is 10.7 Å². The Labute approximate surface area is 104 Å². The number of benzene rings is 1. The van der Waals surface area contributed by atoms with Crippen molar-refractivity contribution in [2.45, 2.75) is 13.8 Å². The van der Waals surface area contributed by atoms with E-state index in [2.05, 4.69) is 5.32 Å². The maximum Gasteiger partial charge on any atom is 0.258 e. The van der Waals surface area contributed by atoms with E-state index in [1.807, 2.05) is 43.5 Å². The zero-order valence-corrected chi connectivity index (χ0v) is 10.6. The van der Waals surface area contributed by atoms with Gasteiger partial charge in [0.25, 0.3) is 5.91 Å².